The number of halogens is 1. The molecule has 0 saturated heterocycles. The van der Waals surface area contributed by atoms with Gasteiger partial charge in [0.1, 0.15) is 16.0 Å². The van der Waals surface area contributed by atoms with Crippen LogP contribution in [0.2, 0.25) is 5.15 Å². The minimum atomic E-state index is 0.127. The summed E-state index contributed by atoms with van der Waals surface area (Å²) in [5, 5.41) is 1.21. The van der Waals surface area contributed by atoms with Gasteiger partial charge in [-0.15, -0.1) is 0 Å². The first-order valence-corrected chi connectivity index (χ1v) is 7.91. The van der Waals surface area contributed by atoms with Crippen LogP contribution in [0, 0.1) is 0 Å². The minimum absolute atomic E-state index is 0.127. The van der Waals surface area contributed by atoms with Crippen LogP contribution in [-0.2, 0) is 11.2 Å². The number of aryl methyl sites for hydroxylation is 1. The monoisotopic (exact) mass is 301 g/mol. The van der Waals surface area contributed by atoms with E-state index in [1.165, 1.54) is 11.8 Å². The third-order valence-corrected chi connectivity index (χ3v) is 3.74. The average molecular weight is 302 g/mol. The van der Waals surface area contributed by atoms with Crippen molar-refractivity contribution in [3.05, 3.63) is 17.0 Å². The molecule has 1 heterocycles. The minimum Gasteiger partial charge on any atom is -0.343 e. The Hall–Kier alpha value is -0.810. The largest absolute Gasteiger partial charge is 0.343 e. The van der Waals surface area contributed by atoms with Gasteiger partial charge >= 0.3 is 0 Å². The first-order valence-electron chi connectivity index (χ1n) is 6.54. The fraction of sp³-hybridized carbons (Fsp3) is 0.615. The summed E-state index contributed by atoms with van der Waals surface area (Å²) in [6.07, 6.45) is 1.78. The van der Waals surface area contributed by atoms with E-state index in [1.54, 1.807) is 6.07 Å². The van der Waals surface area contributed by atoms with Gasteiger partial charge in [-0.25, -0.2) is 9.97 Å². The van der Waals surface area contributed by atoms with Gasteiger partial charge in [0, 0.05) is 25.6 Å². The Morgan fingerprint density at radius 1 is 1.32 bits per heavy atom. The molecule has 0 aliphatic rings. The van der Waals surface area contributed by atoms with E-state index >= 15 is 0 Å². The number of aromatic nitrogens is 2. The normalized spacial score (nSPS) is 10.5. The summed E-state index contributed by atoms with van der Waals surface area (Å²) < 4.78 is 0. The summed E-state index contributed by atoms with van der Waals surface area (Å²) >= 11 is 7.37. The lowest BCUT2D eigenvalue weighted by molar-refractivity contribution is -0.127. The highest BCUT2D eigenvalue weighted by Gasteiger charge is 2.11. The molecule has 0 N–H and O–H groups in total. The lowest BCUT2D eigenvalue weighted by Crippen LogP contribution is -2.31. The number of hydrogen-bond acceptors (Lipinski definition) is 4. The number of hydrogen-bond donors (Lipinski definition) is 0. The molecule has 1 aromatic rings. The van der Waals surface area contributed by atoms with E-state index in [-0.39, 0.29) is 5.91 Å². The molecule has 1 aromatic heterocycles. The molecule has 0 bridgehead atoms. The lowest BCUT2D eigenvalue weighted by atomic mass is 10.3. The maximum absolute atomic E-state index is 11.9. The van der Waals surface area contributed by atoms with Crippen LogP contribution in [-0.4, -0.2) is 39.6 Å². The number of carbonyl (C=O) groups is 1. The van der Waals surface area contributed by atoms with Crippen molar-refractivity contribution in [2.75, 3.05) is 18.8 Å². The number of carbonyl (C=O) groups excluding carboxylic acids is 1. The first kappa shape index (κ1) is 16.2. The topological polar surface area (TPSA) is 46.1 Å². The Morgan fingerprint density at radius 3 is 2.58 bits per heavy atom. The molecule has 6 heteroatoms. The number of nitrogens with zero attached hydrogens (tertiary/aromatic N) is 3. The third-order valence-electron chi connectivity index (χ3n) is 2.65. The number of rotatable bonds is 7. The standard InChI is InChI=1S/C13H20ClN3OS/c1-4-7-11-15-10(14)8-12(16-11)19-9-13(18)17(5-2)6-3/h8H,4-7,9H2,1-3H3. The van der Waals surface area contributed by atoms with Gasteiger partial charge in [0.2, 0.25) is 5.91 Å². The van der Waals surface area contributed by atoms with Gasteiger partial charge in [0.25, 0.3) is 0 Å². The lowest BCUT2D eigenvalue weighted by Gasteiger charge is -2.18. The molecule has 0 aliphatic carbocycles. The quantitative estimate of drug-likeness (QED) is 0.573. The number of thioether (sulfide) groups is 1. The van der Waals surface area contributed by atoms with Crippen molar-refractivity contribution >= 4 is 29.3 Å². The smallest absolute Gasteiger partial charge is 0.232 e. The van der Waals surface area contributed by atoms with E-state index in [0.717, 1.165) is 36.8 Å². The Labute approximate surface area is 124 Å². The molecule has 1 amide bonds. The molecule has 0 atom stereocenters. The number of amides is 1. The Balaban J connectivity index is 2.64. The first-order chi connectivity index (χ1) is 9.10. The molecular formula is C13H20ClN3OS. The maximum Gasteiger partial charge on any atom is 0.232 e. The molecule has 0 fully saturated rings. The fourth-order valence-electron chi connectivity index (χ4n) is 1.65. The SMILES string of the molecule is CCCc1nc(Cl)cc(SCC(=O)N(CC)CC)n1. The molecule has 0 saturated carbocycles. The van der Waals surface area contributed by atoms with Gasteiger partial charge in [0.05, 0.1) is 5.75 Å². The van der Waals surface area contributed by atoms with E-state index < -0.39 is 0 Å². The van der Waals surface area contributed by atoms with Gasteiger partial charge in [0.15, 0.2) is 0 Å². The van der Waals surface area contributed by atoms with Crippen LogP contribution in [0.5, 0.6) is 0 Å². The van der Waals surface area contributed by atoms with Crippen molar-refractivity contribution in [3.63, 3.8) is 0 Å². The highest BCUT2D eigenvalue weighted by molar-refractivity contribution is 7.99. The van der Waals surface area contributed by atoms with E-state index in [4.69, 9.17) is 11.6 Å². The summed E-state index contributed by atoms with van der Waals surface area (Å²) in [4.78, 5) is 22.3. The second-order valence-electron chi connectivity index (χ2n) is 4.05. The van der Waals surface area contributed by atoms with E-state index in [9.17, 15) is 4.79 Å². The van der Waals surface area contributed by atoms with Gasteiger partial charge in [-0.05, 0) is 20.3 Å². The van der Waals surface area contributed by atoms with Crippen LogP contribution in [0.1, 0.15) is 33.0 Å². The zero-order chi connectivity index (χ0) is 14.3. The summed E-state index contributed by atoms with van der Waals surface area (Å²) in [7, 11) is 0. The summed E-state index contributed by atoms with van der Waals surface area (Å²) in [5.41, 5.74) is 0. The van der Waals surface area contributed by atoms with Crippen molar-refractivity contribution in [1.82, 2.24) is 14.9 Å². The highest BCUT2D eigenvalue weighted by Crippen LogP contribution is 2.19. The second kappa shape index (κ2) is 8.38. The Bertz CT molecular complexity index is 424. The third kappa shape index (κ3) is 5.37. The van der Waals surface area contributed by atoms with Crippen molar-refractivity contribution in [1.29, 1.82) is 0 Å². The molecule has 0 unspecified atom stereocenters. The van der Waals surface area contributed by atoms with Crippen molar-refractivity contribution in [2.45, 2.75) is 38.6 Å². The molecule has 0 spiro atoms. The van der Waals surface area contributed by atoms with E-state index in [0.29, 0.717) is 10.9 Å². The zero-order valence-electron chi connectivity index (χ0n) is 11.6. The van der Waals surface area contributed by atoms with Crippen LogP contribution in [0.25, 0.3) is 0 Å². The molecule has 106 valence electrons. The molecule has 0 radical (unpaired) electrons. The molecule has 1 rings (SSSR count). The highest BCUT2D eigenvalue weighted by atomic mass is 35.5. The second-order valence-corrected chi connectivity index (χ2v) is 5.43. The van der Waals surface area contributed by atoms with Crippen LogP contribution >= 0.6 is 23.4 Å². The summed E-state index contributed by atoms with van der Waals surface area (Å²) in [5.74, 6) is 1.26. The summed E-state index contributed by atoms with van der Waals surface area (Å²) in [6.45, 7) is 7.50. The predicted octanol–water partition coefficient (Wildman–Crippen LogP) is 3.04. The summed E-state index contributed by atoms with van der Waals surface area (Å²) in [6, 6.07) is 1.71. The zero-order valence-corrected chi connectivity index (χ0v) is 13.2. The van der Waals surface area contributed by atoms with Gasteiger partial charge in [-0.1, -0.05) is 30.3 Å². The predicted molar refractivity (Wildman–Crippen MR) is 79.7 cm³/mol. The molecule has 0 aliphatic heterocycles. The van der Waals surface area contributed by atoms with Crippen LogP contribution < -0.4 is 0 Å². The van der Waals surface area contributed by atoms with Crippen LogP contribution in [0.3, 0.4) is 0 Å². The Kier molecular flexibility index (Phi) is 7.16. The fourth-order valence-corrected chi connectivity index (χ4v) is 2.74. The van der Waals surface area contributed by atoms with Crippen molar-refractivity contribution in [3.8, 4) is 0 Å². The van der Waals surface area contributed by atoms with Gasteiger partial charge in [-0.2, -0.15) is 0 Å². The maximum atomic E-state index is 11.9. The van der Waals surface area contributed by atoms with Gasteiger partial charge < -0.3 is 4.90 Å². The molecule has 0 aromatic carbocycles. The van der Waals surface area contributed by atoms with E-state index in [1.807, 2.05) is 18.7 Å². The van der Waals surface area contributed by atoms with E-state index in [2.05, 4.69) is 16.9 Å². The molecule has 4 nitrogen and oxygen atoms in total. The van der Waals surface area contributed by atoms with Gasteiger partial charge in [-0.3, -0.25) is 4.79 Å². The molecule has 19 heavy (non-hydrogen) atoms. The molecular weight excluding hydrogens is 282 g/mol. The Morgan fingerprint density at radius 2 is 2.00 bits per heavy atom. The van der Waals surface area contributed by atoms with Crippen molar-refractivity contribution in [2.24, 2.45) is 0 Å². The van der Waals surface area contributed by atoms with Crippen LogP contribution in [0.4, 0.5) is 0 Å². The van der Waals surface area contributed by atoms with Crippen molar-refractivity contribution < 1.29 is 4.79 Å². The van der Waals surface area contributed by atoms with Crippen LogP contribution in [0.15, 0.2) is 11.1 Å². The average Bonchev–Trinajstić information content (AvgIpc) is 2.37.